The fourth-order valence-corrected chi connectivity index (χ4v) is 0.450. The Morgan fingerprint density at radius 2 is 2.29 bits per heavy atom. The number of aliphatic hydroxyl groups excluding tert-OH is 1. The summed E-state index contributed by atoms with van der Waals surface area (Å²) < 4.78 is 0. The summed E-state index contributed by atoms with van der Waals surface area (Å²) in [5.74, 6) is 0. The van der Waals surface area contributed by atoms with Crippen LogP contribution in [0.2, 0.25) is 0 Å². The Balaban J connectivity index is 2.47. The van der Waals surface area contributed by atoms with Crippen LogP contribution in [0.3, 0.4) is 0 Å². The van der Waals surface area contributed by atoms with Crippen molar-refractivity contribution in [3.63, 3.8) is 0 Å². The zero-order valence-corrected chi connectivity index (χ0v) is 4.02. The number of rotatable bonds is 1. The van der Waals surface area contributed by atoms with Crippen LogP contribution in [0, 0.1) is 6.57 Å². The van der Waals surface area contributed by atoms with Crippen molar-refractivity contribution in [3.8, 4) is 0 Å². The van der Waals surface area contributed by atoms with Crippen molar-refractivity contribution in [2.45, 2.75) is 18.4 Å². The van der Waals surface area contributed by atoms with Crippen LogP contribution in [-0.2, 0) is 0 Å². The smallest absolute Gasteiger partial charge is 0.255 e. The molecule has 7 heavy (non-hydrogen) atoms. The predicted molar refractivity (Wildman–Crippen MR) is 25.7 cm³/mol. The molecule has 0 amide bonds. The van der Waals surface area contributed by atoms with Crippen molar-refractivity contribution >= 4 is 0 Å². The minimum absolute atomic E-state index is 0.0521. The van der Waals surface area contributed by atoms with Gasteiger partial charge in [0.2, 0.25) is 0 Å². The summed E-state index contributed by atoms with van der Waals surface area (Å²) in [6, 6.07) is 0. The highest BCUT2D eigenvalue weighted by molar-refractivity contribution is 5.10. The van der Waals surface area contributed by atoms with Crippen molar-refractivity contribution in [2.24, 2.45) is 0 Å². The van der Waals surface area contributed by atoms with E-state index in [2.05, 4.69) is 4.85 Å². The van der Waals surface area contributed by atoms with E-state index in [1.807, 2.05) is 0 Å². The molecule has 0 bridgehead atoms. The van der Waals surface area contributed by atoms with E-state index in [1.54, 1.807) is 0 Å². The van der Waals surface area contributed by atoms with Gasteiger partial charge in [-0.3, -0.25) is 0 Å². The predicted octanol–water partition coefficient (Wildman–Crippen LogP) is 0.431. The summed E-state index contributed by atoms with van der Waals surface area (Å²) in [6.45, 7) is 6.59. The molecule has 2 heteroatoms. The molecule has 1 N–H and O–H groups in total. The Bertz CT molecular complexity index is 110. The second kappa shape index (κ2) is 1.21. The molecule has 0 heterocycles. The zero-order valence-electron chi connectivity index (χ0n) is 4.02. The normalized spacial score (nSPS) is 23.4. The number of hydrogen-bond acceptors (Lipinski definition) is 1. The molecule has 0 aromatic rings. The highest BCUT2D eigenvalue weighted by atomic mass is 16.3. The second-order valence-electron chi connectivity index (χ2n) is 1.99. The SMILES string of the molecule is [C-]#[N+]C1(CO)CC1. The molecule has 0 atom stereocenters. The highest BCUT2D eigenvalue weighted by Gasteiger charge is 2.50. The van der Waals surface area contributed by atoms with E-state index < -0.39 is 0 Å². The molecule has 0 unspecified atom stereocenters. The molecule has 1 saturated carbocycles. The van der Waals surface area contributed by atoms with Gasteiger partial charge < -0.3 is 9.95 Å². The molecule has 0 radical (unpaired) electrons. The van der Waals surface area contributed by atoms with Crippen molar-refractivity contribution in [3.05, 3.63) is 11.4 Å². The molecule has 1 aliphatic carbocycles. The molecule has 0 aromatic heterocycles. The molecule has 0 aliphatic heterocycles. The summed E-state index contributed by atoms with van der Waals surface area (Å²) >= 11 is 0. The molecular weight excluding hydrogens is 90.1 g/mol. The maximum atomic E-state index is 8.44. The molecule has 0 aromatic carbocycles. The minimum atomic E-state index is -0.319. The van der Waals surface area contributed by atoms with Crippen LogP contribution < -0.4 is 0 Å². The summed E-state index contributed by atoms with van der Waals surface area (Å²) in [6.07, 6.45) is 1.79. The first-order chi connectivity index (χ1) is 3.33. The van der Waals surface area contributed by atoms with E-state index in [9.17, 15) is 0 Å². The lowest BCUT2D eigenvalue weighted by Gasteiger charge is -1.89. The van der Waals surface area contributed by atoms with Gasteiger partial charge in [-0.2, -0.15) is 0 Å². The van der Waals surface area contributed by atoms with Crippen LogP contribution in [-0.4, -0.2) is 17.3 Å². The third-order valence-corrected chi connectivity index (χ3v) is 1.36. The van der Waals surface area contributed by atoms with Crippen molar-refractivity contribution < 1.29 is 5.11 Å². The highest BCUT2D eigenvalue weighted by Crippen LogP contribution is 2.38. The molecule has 0 spiro atoms. The quantitative estimate of drug-likeness (QED) is 0.471. The molecule has 2 nitrogen and oxygen atoms in total. The van der Waals surface area contributed by atoms with Gasteiger partial charge in [-0.25, -0.2) is 6.57 Å². The van der Waals surface area contributed by atoms with Crippen LogP contribution >= 0.6 is 0 Å². The number of hydrogen-bond donors (Lipinski definition) is 1. The Morgan fingerprint density at radius 1 is 1.71 bits per heavy atom. The Labute approximate surface area is 42.6 Å². The van der Waals surface area contributed by atoms with Crippen LogP contribution in [0.15, 0.2) is 0 Å². The van der Waals surface area contributed by atoms with Gasteiger partial charge in [0.05, 0.1) is 0 Å². The lowest BCUT2D eigenvalue weighted by Crippen LogP contribution is -2.06. The first kappa shape index (κ1) is 4.61. The number of aliphatic hydroxyl groups is 1. The Hall–Kier alpha value is -0.550. The fourth-order valence-electron chi connectivity index (χ4n) is 0.450. The fraction of sp³-hybridized carbons (Fsp3) is 0.800. The molecule has 0 saturated heterocycles. The third-order valence-electron chi connectivity index (χ3n) is 1.36. The first-order valence-corrected chi connectivity index (χ1v) is 2.32. The van der Waals surface area contributed by atoms with Crippen LogP contribution in [0.25, 0.3) is 4.85 Å². The lowest BCUT2D eigenvalue weighted by atomic mass is 10.3. The van der Waals surface area contributed by atoms with Gasteiger partial charge in [0.25, 0.3) is 5.54 Å². The molecule has 1 aliphatic rings. The summed E-state index contributed by atoms with van der Waals surface area (Å²) in [5.41, 5.74) is -0.319. The average molecular weight is 97.1 g/mol. The van der Waals surface area contributed by atoms with E-state index in [0.717, 1.165) is 12.8 Å². The Kier molecular flexibility index (Phi) is 0.795. The lowest BCUT2D eigenvalue weighted by molar-refractivity contribution is 0.273. The van der Waals surface area contributed by atoms with Gasteiger partial charge >= 0.3 is 0 Å². The van der Waals surface area contributed by atoms with Crippen molar-refractivity contribution in [2.75, 3.05) is 6.61 Å². The van der Waals surface area contributed by atoms with E-state index in [1.165, 1.54) is 0 Å². The maximum absolute atomic E-state index is 8.44. The molecular formula is C5H7NO. The van der Waals surface area contributed by atoms with E-state index in [-0.39, 0.29) is 12.1 Å². The van der Waals surface area contributed by atoms with E-state index >= 15 is 0 Å². The van der Waals surface area contributed by atoms with Gasteiger partial charge in [0.15, 0.2) is 0 Å². The molecule has 38 valence electrons. The van der Waals surface area contributed by atoms with E-state index in [0.29, 0.717) is 0 Å². The van der Waals surface area contributed by atoms with Gasteiger partial charge in [0, 0.05) is 12.8 Å². The van der Waals surface area contributed by atoms with Gasteiger partial charge in [-0.15, -0.1) is 0 Å². The van der Waals surface area contributed by atoms with Gasteiger partial charge in [-0.05, 0) is 0 Å². The van der Waals surface area contributed by atoms with Crippen LogP contribution in [0.5, 0.6) is 0 Å². The summed E-state index contributed by atoms with van der Waals surface area (Å²) in [5, 5.41) is 8.44. The van der Waals surface area contributed by atoms with Crippen molar-refractivity contribution in [1.29, 1.82) is 0 Å². The maximum Gasteiger partial charge on any atom is 0.255 e. The first-order valence-electron chi connectivity index (χ1n) is 2.32. The topological polar surface area (TPSA) is 24.6 Å². The zero-order chi connectivity index (χ0) is 5.33. The average Bonchev–Trinajstić information content (AvgIpc) is 2.46. The monoisotopic (exact) mass is 97.1 g/mol. The van der Waals surface area contributed by atoms with Crippen LogP contribution in [0.1, 0.15) is 12.8 Å². The molecule has 1 fully saturated rings. The van der Waals surface area contributed by atoms with Gasteiger partial charge in [-0.1, -0.05) is 0 Å². The second-order valence-corrected chi connectivity index (χ2v) is 1.99. The minimum Gasteiger partial charge on any atom is -0.388 e. The summed E-state index contributed by atoms with van der Waals surface area (Å²) in [7, 11) is 0. The Morgan fingerprint density at radius 3 is 2.29 bits per heavy atom. The number of nitrogens with zero attached hydrogens (tertiary/aromatic N) is 1. The standard InChI is InChI=1S/C5H7NO/c1-6-5(4-7)2-3-5/h7H,2-4H2. The molecule has 1 rings (SSSR count). The largest absolute Gasteiger partial charge is 0.388 e. The third kappa shape index (κ3) is 0.594. The summed E-state index contributed by atoms with van der Waals surface area (Å²) in [4.78, 5) is 3.25. The van der Waals surface area contributed by atoms with Crippen LogP contribution in [0.4, 0.5) is 0 Å². The van der Waals surface area contributed by atoms with E-state index in [4.69, 9.17) is 11.7 Å². The van der Waals surface area contributed by atoms with Crippen molar-refractivity contribution in [1.82, 2.24) is 0 Å². The van der Waals surface area contributed by atoms with Gasteiger partial charge in [0.1, 0.15) is 6.61 Å².